The second-order valence-electron chi connectivity index (χ2n) is 5.02. The first kappa shape index (κ1) is 15.1. The van der Waals surface area contributed by atoms with Crippen LogP contribution in [-0.4, -0.2) is 17.4 Å². The summed E-state index contributed by atoms with van der Waals surface area (Å²) in [6.07, 6.45) is 0.645. The minimum absolute atomic E-state index is 0.241. The van der Waals surface area contributed by atoms with Crippen molar-refractivity contribution in [2.24, 2.45) is 5.73 Å². The summed E-state index contributed by atoms with van der Waals surface area (Å²) in [6, 6.07) is 18.1. The first-order chi connectivity index (χ1) is 9.64. The standard InChI is InChI=1S/C17H21NOS/c1-14-6-5-9-16(12-14)20-11-10-17(19,13-18)15-7-3-2-4-8-15/h2-9,12,19H,10-11,13,18H2,1H3. The molecule has 2 nitrogen and oxygen atoms in total. The molecule has 0 aliphatic heterocycles. The molecule has 0 heterocycles. The van der Waals surface area contributed by atoms with Gasteiger partial charge in [0.05, 0.1) is 0 Å². The monoisotopic (exact) mass is 287 g/mol. The molecular formula is C17H21NOS. The number of aliphatic hydroxyl groups is 1. The van der Waals surface area contributed by atoms with Crippen molar-refractivity contribution in [1.29, 1.82) is 0 Å². The predicted molar refractivity (Wildman–Crippen MR) is 85.9 cm³/mol. The Labute approximate surface area is 125 Å². The normalized spacial score (nSPS) is 13.9. The Bertz CT molecular complexity index is 544. The smallest absolute Gasteiger partial charge is 0.103 e. The highest BCUT2D eigenvalue weighted by Gasteiger charge is 2.26. The Balaban J connectivity index is 1.98. The number of aryl methyl sites for hydroxylation is 1. The fraction of sp³-hybridized carbons (Fsp3) is 0.294. The van der Waals surface area contributed by atoms with Crippen LogP contribution in [-0.2, 0) is 5.60 Å². The second-order valence-corrected chi connectivity index (χ2v) is 6.19. The molecule has 1 unspecified atom stereocenters. The Kier molecular flexibility index (Phi) is 5.24. The summed E-state index contributed by atoms with van der Waals surface area (Å²) in [4.78, 5) is 1.23. The van der Waals surface area contributed by atoms with Gasteiger partial charge in [-0.2, -0.15) is 0 Å². The fourth-order valence-electron chi connectivity index (χ4n) is 2.16. The van der Waals surface area contributed by atoms with Crippen molar-refractivity contribution >= 4 is 11.8 Å². The van der Waals surface area contributed by atoms with Gasteiger partial charge < -0.3 is 10.8 Å². The highest BCUT2D eigenvalue weighted by molar-refractivity contribution is 7.99. The molecule has 0 aliphatic rings. The molecule has 0 saturated carbocycles. The third-order valence-electron chi connectivity index (χ3n) is 3.42. The highest BCUT2D eigenvalue weighted by atomic mass is 32.2. The van der Waals surface area contributed by atoms with E-state index in [2.05, 4.69) is 31.2 Å². The molecule has 0 bridgehead atoms. The van der Waals surface area contributed by atoms with Crippen molar-refractivity contribution in [3.05, 3.63) is 65.7 Å². The quantitative estimate of drug-likeness (QED) is 0.801. The molecule has 0 saturated heterocycles. The van der Waals surface area contributed by atoms with E-state index in [1.807, 2.05) is 30.3 Å². The molecule has 0 spiro atoms. The highest BCUT2D eigenvalue weighted by Crippen LogP contribution is 2.28. The molecule has 1 atom stereocenters. The van der Waals surface area contributed by atoms with Crippen LogP contribution in [0.5, 0.6) is 0 Å². The van der Waals surface area contributed by atoms with E-state index >= 15 is 0 Å². The van der Waals surface area contributed by atoms with Crippen LogP contribution in [0, 0.1) is 6.92 Å². The van der Waals surface area contributed by atoms with Gasteiger partial charge in [-0.3, -0.25) is 0 Å². The van der Waals surface area contributed by atoms with Crippen LogP contribution >= 0.6 is 11.8 Å². The predicted octanol–water partition coefficient (Wildman–Crippen LogP) is 3.32. The van der Waals surface area contributed by atoms with Crippen LogP contribution in [0.1, 0.15) is 17.5 Å². The molecule has 0 amide bonds. The topological polar surface area (TPSA) is 46.2 Å². The molecular weight excluding hydrogens is 266 g/mol. The summed E-state index contributed by atoms with van der Waals surface area (Å²) < 4.78 is 0. The van der Waals surface area contributed by atoms with Crippen molar-refractivity contribution in [1.82, 2.24) is 0 Å². The molecule has 2 aromatic carbocycles. The van der Waals surface area contributed by atoms with E-state index in [9.17, 15) is 5.11 Å². The SMILES string of the molecule is Cc1cccc(SCCC(O)(CN)c2ccccc2)c1. The van der Waals surface area contributed by atoms with Crippen LogP contribution in [0.2, 0.25) is 0 Å². The van der Waals surface area contributed by atoms with E-state index in [0.717, 1.165) is 11.3 Å². The van der Waals surface area contributed by atoms with Crippen LogP contribution < -0.4 is 5.73 Å². The van der Waals surface area contributed by atoms with Crippen molar-refractivity contribution in [2.75, 3.05) is 12.3 Å². The van der Waals surface area contributed by atoms with Crippen LogP contribution in [0.15, 0.2) is 59.5 Å². The maximum atomic E-state index is 10.7. The van der Waals surface area contributed by atoms with E-state index in [4.69, 9.17) is 5.73 Å². The fourth-order valence-corrected chi connectivity index (χ4v) is 3.27. The summed E-state index contributed by atoms with van der Waals surface area (Å²) in [5.41, 5.74) is 7.00. The van der Waals surface area contributed by atoms with Crippen molar-refractivity contribution in [3.8, 4) is 0 Å². The third kappa shape index (κ3) is 3.85. The largest absolute Gasteiger partial charge is 0.384 e. The van der Waals surface area contributed by atoms with Gasteiger partial charge in [0.2, 0.25) is 0 Å². The summed E-state index contributed by atoms with van der Waals surface area (Å²) >= 11 is 1.76. The van der Waals surface area contributed by atoms with Crippen LogP contribution in [0.3, 0.4) is 0 Å². The molecule has 2 rings (SSSR count). The van der Waals surface area contributed by atoms with E-state index in [1.54, 1.807) is 11.8 Å². The zero-order chi connectivity index (χ0) is 14.4. The molecule has 0 aromatic heterocycles. The van der Waals surface area contributed by atoms with Gasteiger partial charge in [0.1, 0.15) is 5.60 Å². The first-order valence-electron chi connectivity index (χ1n) is 6.81. The van der Waals surface area contributed by atoms with Gasteiger partial charge >= 0.3 is 0 Å². The molecule has 20 heavy (non-hydrogen) atoms. The number of thioether (sulfide) groups is 1. The Morgan fingerprint density at radius 3 is 2.50 bits per heavy atom. The molecule has 3 heteroatoms. The lowest BCUT2D eigenvalue weighted by molar-refractivity contribution is 0.0431. The molecule has 0 radical (unpaired) electrons. The average Bonchev–Trinajstić information content (AvgIpc) is 2.48. The van der Waals surface area contributed by atoms with E-state index in [1.165, 1.54) is 10.5 Å². The van der Waals surface area contributed by atoms with E-state index in [-0.39, 0.29) is 6.54 Å². The van der Waals surface area contributed by atoms with Gasteiger partial charge in [-0.1, -0.05) is 48.0 Å². The van der Waals surface area contributed by atoms with Gasteiger partial charge in [0.25, 0.3) is 0 Å². The summed E-state index contributed by atoms with van der Waals surface area (Å²) in [5.74, 6) is 0.839. The van der Waals surface area contributed by atoms with Crippen LogP contribution in [0.4, 0.5) is 0 Å². The number of hydrogen-bond acceptors (Lipinski definition) is 3. The maximum Gasteiger partial charge on any atom is 0.103 e. The van der Waals surface area contributed by atoms with E-state index < -0.39 is 5.60 Å². The molecule has 2 aromatic rings. The van der Waals surface area contributed by atoms with Gasteiger partial charge in [-0.15, -0.1) is 11.8 Å². The van der Waals surface area contributed by atoms with Crippen molar-refractivity contribution < 1.29 is 5.11 Å². The number of rotatable bonds is 6. The van der Waals surface area contributed by atoms with Crippen molar-refractivity contribution in [2.45, 2.75) is 23.8 Å². The lowest BCUT2D eigenvalue weighted by Gasteiger charge is -2.27. The Hall–Kier alpha value is -1.29. The number of nitrogens with two attached hydrogens (primary N) is 1. The van der Waals surface area contributed by atoms with Crippen LogP contribution in [0.25, 0.3) is 0 Å². The zero-order valence-electron chi connectivity index (χ0n) is 11.8. The van der Waals surface area contributed by atoms with Gasteiger partial charge in [-0.05, 0) is 31.0 Å². The third-order valence-corrected chi connectivity index (χ3v) is 4.42. The minimum atomic E-state index is -0.932. The summed E-state index contributed by atoms with van der Waals surface area (Å²) in [7, 11) is 0. The Morgan fingerprint density at radius 1 is 1.10 bits per heavy atom. The zero-order valence-corrected chi connectivity index (χ0v) is 12.6. The van der Waals surface area contributed by atoms with Crippen molar-refractivity contribution in [3.63, 3.8) is 0 Å². The van der Waals surface area contributed by atoms with Gasteiger partial charge in [0.15, 0.2) is 0 Å². The second kappa shape index (κ2) is 6.93. The molecule has 0 aliphatic carbocycles. The number of benzene rings is 2. The molecule has 0 fully saturated rings. The Morgan fingerprint density at radius 2 is 1.85 bits per heavy atom. The summed E-state index contributed by atoms with van der Waals surface area (Å²) in [5, 5.41) is 10.7. The lowest BCUT2D eigenvalue weighted by atomic mass is 9.91. The average molecular weight is 287 g/mol. The molecule has 106 valence electrons. The van der Waals surface area contributed by atoms with Gasteiger partial charge in [0, 0.05) is 17.2 Å². The lowest BCUT2D eigenvalue weighted by Crippen LogP contribution is -2.35. The maximum absolute atomic E-state index is 10.7. The molecule has 3 N–H and O–H groups in total. The number of hydrogen-bond donors (Lipinski definition) is 2. The van der Waals surface area contributed by atoms with Gasteiger partial charge in [-0.25, -0.2) is 0 Å². The minimum Gasteiger partial charge on any atom is -0.384 e. The van der Waals surface area contributed by atoms with E-state index in [0.29, 0.717) is 6.42 Å². The summed E-state index contributed by atoms with van der Waals surface area (Å²) in [6.45, 7) is 2.33. The first-order valence-corrected chi connectivity index (χ1v) is 7.80.